The maximum absolute atomic E-state index is 13.4. The molecule has 13 nitrogen and oxygen atoms in total. The van der Waals surface area contributed by atoms with E-state index in [1.165, 1.54) is 18.2 Å². The first-order valence-corrected chi connectivity index (χ1v) is 22.7. The molecular weight excluding hydrogens is 923 g/mol. The average molecular weight is 977 g/mol. The molecule has 372 valence electrons. The quantitative estimate of drug-likeness (QED) is 0.0621. The zero-order valence-electron chi connectivity index (χ0n) is 38.3. The Hall–Kier alpha value is -6.54. The molecule has 6 aromatic carbocycles. The highest BCUT2D eigenvalue weighted by atomic mass is 19.4. The third kappa shape index (κ3) is 10.3. The number of hydrogen-bond acceptors (Lipinski definition) is 13. The van der Waals surface area contributed by atoms with E-state index in [1.807, 2.05) is 60.7 Å². The van der Waals surface area contributed by atoms with Crippen molar-refractivity contribution in [1.29, 1.82) is 0 Å². The Kier molecular flexibility index (Phi) is 15.3. The number of fused-ring (bicyclic) bond motifs is 6. The van der Waals surface area contributed by atoms with Crippen molar-refractivity contribution in [3.05, 3.63) is 177 Å². The summed E-state index contributed by atoms with van der Waals surface area (Å²) in [7, 11) is 0. The van der Waals surface area contributed by atoms with Crippen LogP contribution >= 0.6 is 0 Å². The van der Waals surface area contributed by atoms with Gasteiger partial charge in [-0.05, 0) is 87.1 Å². The fraction of sp³-hybridized carbons (Fsp3) is 0.373. The van der Waals surface area contributed by atoms with Crippen molar-refractivity contribution in [1.82, 2.24) is 6.15 Å². The Labute approximate surface area is 398 Å². The number of benzene rings is 4. The highest BCUT2D eigenvalue weighted by Crippen LogP contribution is 2.53. The van der Waals surface area contributed by atoms with E-state index in [4.69, 9.17) is 25.7 Å². The minimum absolute atomic E-state index is 0. The van der Waals surface area contributed by atoms with Gasteiger partial charge in [-0.3, -0.25) is 19.2 Å². The van der Waals surface area contributed by atoms with Crippen LogP contribution in [0.25, 0.3) is 0 Å². The number of nitrogen functional groups attached to an aromatic ring is 1. The van der Waals surface area contributed by atoms with Crippen molar-refractivity contribution in [2.75, 3.05) is 41.4 Å². The zero-order valence-corrected chi connectivity index (χ0v) is 38.3. The predicted molar refractivity (Wildman–Crippen MR) is 255 cm³/mol. The number of anilines is 4. The lowest BCUT2D eigenvalue weighted by molar-refractivity contribution is -0.138. The fourth-order valence-corrected chi connectivity index (χ4v) is 9.77. The molecule has 10 rings (SSSR count). The van der Waals surface area contributed by atoms with Crippen LogP contribution in [0.3, 0.4) is 0 Å². The molecule has 0 spiro atoms. The first-order valence-electron chi connectivity index (χ1n) is 22.7. The second-order valence-corrected chi connectivity index (χ2v) is 17.6. The second kappa shape index (κ2) is 20.8. The number of hydrogen-bond donors (Lipinski definition) is 6. The van der Waals surface area contributed by atoms with Gasteiger partial charge in [0.25, 0.3) is 16.3 Å². The third-order valence-electron chi connectivity index (χ3n) is 13.4. The zero-order chi connectivity index (χ0) is 49.4. The smallest absolute Gasteiger partial charge is 0.416 e. The summed E-state index contributed by atoms with van der Waals surface area (Å²) in [4.78, 5) is 44.2. The van der Waals surface area contributed by atoms with E-state index < -0.39 is 51.3 Å². The first kappa shape index (κ1) is 51.3. The van der Waals surface area contributed by atoms with Gasteiger partial charge in [0.2, 0.25) is 5.43 Å². The van der Waals surface area contributed by atoms with E-state index >= 15 is 0 Å². The van der Waals surface area contributed by atoms with Crippen molar-refractivity contribution in [2.45, 2.75) is 88.4 Å². The van der Waals surface area contributed by atoms with Crippen LogP contribution in [0.2, 0.25) is 0 Å². The molecule has 4 aliphatic rings. The molecule has 2 saturated heterocycles. The van der Waals surface area contributed by atoms with E-state index in [0.717, 1.165) is 42.2 Å². The van der Waals surface area contributed by atoms with Gasteiger partial charge >= 0.3 is 12.4 Å². The maximum atomic E-state index is 13.4. The molecule has 4 heterocycles. The number of nitrogens with two attached hydrogens (primary N) is 2. The van der Waals surface area contributed by atoms with Gasteiger partial charge < -0.3 is 47.8 Å². The summed E-state index contributed by atoms with van der Waals surface area (Å²) in [6, 6.07) is 27.2. The molecule has 0 amide bonds. The molecule has 2 fully saturated rings. The molecule has 6 aromatic rings. The molecule has 8 atom stereocenters. The summed E-state index contributed by atoms with van der Waals surface area (Å²) >= 11 is 0. The van der Waals surface area contributed by atoms with Gasteiger partial charge in [0.1, 0.15) is 11.4 Å². The topological polar surface area (TPSA) is 219 Å². The summed E-state index contributed by atoms with van der Waals surface area (Å²) in [6.45, 7) is 4.41. The number of nitrogens with one attached hydrogen (secondary N) is 3. The van der Waals surface area contributed by atoms with Crippen LogP contribution in [-0.2, 0) is 21.8 Å². The second-order valence-electron chi connectivity index (χ2n) is 17.6. The van der Waals surface area contributed by atoms with Crippen LogP contribution in [-0.4, -0.2) is 31.9 Å². The molecule has 10 N–H and O–H groups in total. The standard InChI is InChI=1S/C24H22F3N3O3.C20H21F3N2O.C7H8O3.H3N/c25-24(26,27)13-6-9-17-16(10-13)23-15(19(30-17)12-4-2-1-3-5-12)8-7-14(33-23)11-29-20-18(28)21(31)22(20)32;21-20(22,23)13-6-9-17-16(10-13)19-15(8-7-14(11-24)26-19)18(25-17)12-4-2-1-3-5-12;1-3-10-7-4(2)5(8)6(7)9;/h1-6,9-10,14-15,19,23,29-30H,7-8,11,28H2;1-6,9-10,14-15,18-19,25H,7-8,11,24H2;3H2,1-2H3;1H3/t14-,15+,19+,23+;14-,15+,18+,19+;;/m11../s1. The fourth-order valence-electron chi connectivity index (χ4n) is 9.77. The molecule has 0 unspecified atom stereocenters. The van der Waals surface area contributed by atoms with Gasteiger partial charge in [-0.25, -0.2) is 0 Å². The van der Waals surface area contributed by atoms with Gasteiger partial charge in [-0.1, -0.05) is 60.7 Å². The lowest BCUT2D eigenvalue weighted by Crippen LogP contribution is -2.43. The van der Waals surface area contributed by atoms with Crippen molar-refractivity contribution in [3.8, 4) is 5.75 Å². The molecule has 0 radical (unpaired) electrons. The van der Waals surface area contributed by atoms with E-state index in [9.17, 15) is 45.5 Å². The molecule has 0 saturated carbocycles. The number of alkyl halides is 6. The molecule has 4 aliphatic heterocycles. The van der Waals surface area contributed by atoms with Crippen LogP contribution in [0.5, 0.6) is 5.75 Å². The highest BCUT2D eigenvalue weighted by Gasteiger charge is 2.45. The van der Waals surface area contributed by atoms with E-state index in [2.05, 4.69) is 16.0 Å². The molecular formula is C51H54F6N6O7. The Morgan fingerprint density at radius 1 is 0.657 bits per heavy atom. The summed E-state index contributed by atoms with van der Waals surface area (Å²) in [5.41, 5.74) is 12.7. The molecule has 0 aromatic heterocycles. The lowest BCUT2D eigenvalue weighted by Gasteiger charge is -2.46. The van der Waals surface area contributed by atoms with Crippen molar-refractivity contribution < 1.29 is 40.6 Å². The highest BCUT2D eigenvalue weighted by molar-refractivity contribution is 5.71. The van der Waals surface area contributed by atoms with Crippen LogP contribution in [0.1, 0.15) is 95.8 Å². The summed E-state index contributed by atoms with van der Waals surface area (Å²) in [6.07, 6.45) is -7.23. The monoisotopic (exact) mass is 976 g/mol. The maximum Gasteiger partial charge on any atom is 0.416 e. The SMILES string of the molecule is CCOc1c(C)c(=O)c1=O.N.NC[C@H]1CC[C@@H]2[C@H](O1)c1cc(C(F)(F)F)ccc1N[C@H]2c1ccccc1.Nc1c(NC[C@H]2CC[C@@H]3[C@H](O2)c2cc(C(F)(F)F)ccc2N[C@H]3c2ccccc2)c(=O)c1=O. The Bertz CT molecular complexity index is 2920. The van der Waals surface area contributed by atoms with Crippen LogP contribution in [0.15, 0.2) is 116 Å². The van der Waals surface area contributed by atoms with Crippen LogP contribution in [0.4, 0.5) is 49.1 Å². The third-order valence-corrected chi connectivity index (χ3v) is 13.4. The van der Waals surface area contributed by atoms with Crippen molar-refractivity contribution in [3.63, 3.8) is 0 Å². The number of ether oxygens (including phenoxy) is 3. The predicted octanol–water partition coefficient (Wildman–Crippen LogP) is 8.82. The Morgan fingerprint density at radius 3 is 1.56 bits per heavy atom. The molecule has 0 bridgehead atoms. The molecule has 0 aliphatic carbocycles. The van der Waals surface area contributed by atoms with Gasteiger partial charge in [0.05, 0.1) is 54.2 Å². The number of rotatable bonds is 8. The Balaban J connectivity index is 0.000000173. The van der Waals surface area contributed by atoms with E-state index in [1.54, 1.807) is 13.8 Å². The van der Waals surface area contributed by atoms with Crippen LogP contribution in [0, 0.1) is 18.8 Å². The summed E-state index contributed by atoms with van der Waals surface area (Å²) in [5.74, 6) is 0.236. The van der Waals surface area contributed by atoms with Gasteiger partial charge in [-0.2, -0.15) is 26.3 Å². The van der Waals surface area contributed by atoms with E-state index in [-0.39, 0.29) is 72.1 Å². The van der Waals surface area contributed by atoms with Gasteiger partial charge in [0, 0.05) is 53.0 Å². The van der Waals surface area contributed by atoms with Crippen molar-refractivity contribution in [2.24, 2.45) is 17.6 Å². The summed E-state index contributed by atoms with van der Waals surface area (Å²) in [5, 5.41) is 9.75. The summed E-state index contributed by atoms with van der Waals surface area (Å²) < 4.78 is 97.2. The largest absolute Gasteiger partial charge is 0.489 e. The van der Waals surface area contributed by atoms with E-state index in [0.29, 0.717) is 54.1 Å². The number of halogens is 6. The lowest BCUT2D eigenvalue weighted by atomic mass is 9.76. The van der Waals surface area contributed by atoms with Gasteiger partial charge in [0.15, 0.2) is 5.75 Å². The molecule has 19 heteroatoms. The minimum Gasteiger partial charge on any atom is -0.489 e. The normalized spacial score (nSPS) is 23.4. The average Bonchev–Trinajstić information content (AvgIpc) is 3.36. The molecule has 70 heavy (non-hydrogen) atoms. The Morgan fingerprint density at radius 2 is 1.13 bits per heavy atom. The minimum atomic E-state index is -4.46. The van der Waals surface area contributed by atoms with Crippen molar-refractivity contribution >= 4 is 22.7 Å². The van der Waals surface area contributed by atoms with Gasteiger partial charge in [-0.15, -0.1) is 0 Å². The first-order chi connectivity index (χ1) is 32.9. The van der Waals surface area contributed by atoms with Crippen LogP contribution < -0.4 is 60.0 Å².